The third-order valence-electron chi connectivity index (χ3n) is 2.84. The third kappa shape index (κ3) is 2.51. The molecule has 0 atom stereocenters. The molecule has 0 saturated heterocycles. The van der Waals surface area contributed by atoms with Gasteiger partial charge in [0.2, 0.25) is 0 Å². The Labute approximate surface area is 92.4 Å². The highest BCUT2D eigenvalue weighted by Crippen LogP contribution is 2.28. The van der Waals surface area contributed by atoms with E-state index in [2.05, 4.69) is 26.8 Å². The van der Waals surface area contributed by atoms with Crippen molar-refractivity contribution in [2.24, 2.45) is 5.73 Å². The van der Waals surface area contributed by atoms with Crippen molar-refractivity contribution in [3.63, 3.8) is 0 Å². The average Bonchev–Trinajstić information content (AvgIpc) is 2.21. The van der Waals surface area contributed by atoms with Crippen molar-refractivity contribution in [2.45, 2.75) is 34.1 Å². The Morgan fingerprint density at radius 3 is 2.40 bits per heavy atom. The normalized spacial score (nSPS) is 10.5. The van der Waals surface area contributed by atoms with Crippen LogP contribution in [0, 0.1) is 20.8 Å². The lowest BCUT2D eigenvalue weighted by Gasteiger charge is -2.16. The summed E-state index contributed by atoms with van der Waals surface area (Å²) in [4.78, 5) is 0. The lowest BCUT2D eigenvalue weighted by molar-refractivity contribution is 0.335. The summed E-state index contributed by atoms with van der Waals surface area (Å²) in [6, 6.07) is 2.19. The highest BCUT2D eigenvalue weighted by molar-refractivity contribution is 5.49. The first kappa shape index (κ1) is 12.1. The maximum absolute atomic E-state index is 5.65. The van der Waals surface area contributed by atoms with Gasteiger partial charge in [-0.15, -0.1) is 0 Å². The van der Waals surface area contributed by atoms with Gasteiger partial charge in [0.15, 0.2) is 0 Å². The molecule has 0 heterocycles. The molecule has 0 aliphatic carbocycles. The molecule has 0 aliphatic heterocycles. The van der Waals surface area contributed by atoms with Crippen molar-refractivity contribution in [3.05, 3.63) is 28.3 Å². The average molecular weight is 207 g/mol. The van der Waals surface area contributed by atoms with E-state index in [4.69, 9.17) is 10.5 Å². The van der Waals surface area contributed by atoms with Gasteiger partial charge < -0.3 is 10.5 Å². The van der Waals surface area contributed by atoms with E-state index in [1.165, 1.54) is 22.3 Å². The van der Waals surface area contributed by atoms with E-state index in [0.29, 0.717) is 6.54 Å². The van der Waals surface area contributed by atoms with Crippen LogP contribution < -0.4 is 10.5 Å². The minimum atomic E-state index is 0.702. The minimum Gasteiger partial charge on any atom is -0.493 e. The van der Waals surface area contributed by atoms with Crippen molar-refractivity contribution in [3.8, 4) is 5.75 Å². The van der Waals surface area contributed by atoms with Gasteiger partial charge in [-0.25, -0.2) is 0 Å². The zero-order valence-corrected chi connectivity index (χ0v) is 10.2. The molecule has 0 bridgehead atoms. The topological polar surface area (TPSA) is 35.2 Å². The van der Waals surface area contributed by atoms with Crippen LogP contribution in [-0.2, 0) is 6.42 Å². The standard InChI is InChI=1S/C13H21NO/c1-5-15-13-9(2)8-12(6-7-14)10(3)11(13)4/h8H,5-7,14H2,1-4H3. The van der Waals surface area contributed by atoms with Gasteiger partial charge in [0.05, 0.1) is 6.61 Å². The Balaban J connectivity index is 3.18. The van der Waals surface area contributed by atoms with Crippen molar-refractivity contribution < 1.29 is 4.74 Å². The van der Waals surface area contributed by atoms with E-state index in [1.807, 2.05) is 6.92 Å². The number of benzene rings is 1. The van der Waals surface area contributed by atoms with Crippen LogP contribution in [0.15, 0.2) is 6.07 Å². The van der Waals surface area contributed by atoms with Gasteiger partial charge in [-0.1, -0.05) is 6.07 Å². The van der Waals surface area contributed by atoms with Crippen LogP contribution in [0.2, 0.25) is 0 Å². The first-order chi connectivity index (χ1) is 7.11. The maximum Gasteiger partial charge on any atom is 0.125 e. The van der Waals surface area contributed by atoms with E-state index in [9.17, 15) is 0 Å². The van der Waals surface area contributed by atoms with Gasteiger partial charge in [-0.2, -0.15) is 0 Å². The molecule has 1 aromatic carbocycles. The number of rotatable bonds is 4. The summed E-state index contributed by atoms with van der Waals surface area (Å²) in [6.07, 6.45) is 0.944. The molecule has 2 N–H and O–H groups in total. The number of hydrogen-bond acceptors (Lipinski definition) is 2. The fraction of sp³-hybridized carbons (Fsp3) is 0.538. The Morgan fingerprint density at radius 2 is 1.87 bits per heavy atom. The number of aryl methyl sites for hydroxylation is 1. The molecular weight excluding hydrogens is 186 g/mol. The number of nitrogens with two attached hydrogens (primary N) is 1. The van der Waals surface area contributed by atoms with Crippen LogP contribution in [0.25, 0.3) is 0 Å². The summed E-state index contributed by atoms with van der Waals surface area (Å²) in [6.45, 7) is 9.79. The summed E-state index contributed by atoms with van der Waals surface area (Å²) < 4.78 is 5.65. The smallest absolute Gasteiger partial charge is 0.125 e. The predicted octanol–water partition coefficient (Wildman–Crippen LogP) is 2.51. The molecular formula is C13H21NO. The predicted molar refractivity (Wildman–Crippen MR) is 64.6 cm³/mol. The summed E-state index contributed by atoms with van der Waals surface area (Å²) in [7, 11) is 0. The highest BCUT2D eigenvalue weighted by Gasteiger charge is 2.10. The summed E-state index contributed by atoms with van der Waals surface area (Å²) in [5.74, 6) is 1.04. The second-order valence-electron chi connectivity index (χ2n) is 3.90. The fourth-order valence-electron chi connectivity index (χ4n) is 1.92. The van der Waals surface area contributed by atoms with Gasteiger partial charge in [-0.05, 0) is 62.9 Å². The maximum atomic E-state index is 5.65. The molecule has 0 aliphatic rings. The third-order valence-corrected chi connectivity index (χ3v) is 2.84. The van der Waals surface area contributed by atoms with Crippen LogP contribution in [0.1, 0.15) is 29.2 Å². The van der Waals surface area contributed by atoms with Crippen LogP contribution in [-0.4, -0.2) is 13.2 Å². The zero-order chi connectivity index (χ0) is 11.4. The lowest BCUT2D eigenvalue weighted by Crippen LogP contribution is -2.07. The Hall–Kier alpha value is -1.02. The molecule has 0 aromatic heterocycles. The number of hydrogen-bond donors (Lipinski definition) is 1. The van der Waals surface area contributed by atoms with Crippen LogP contribution in [0.5, 0.6) is 5.75 Å². The van der Waals surface area contributed by atoms with E-state index >= 15 is 0 Å². The molecule has 0 amide bonds. The fourth-order valence-corrected chi connectivity index (χ4v) is 1.92. The Kier molecular flexibility index (Phi) is 4.15. The zero-order valence-electron chi connectivity index (χ0n) is 10.2. The highest BCUT2D eigenvalue weighted by atomic mass is 16.5. The number of ether oxygens (including phenoxy) is 1. The van der Waals surface area contributed by atoms with Gasteiger partial charge in [0.25, 0.3) is 0 Å². The van der Waals surface area contributed by atoms with Gasteiger partial charge >= 0.3 is 0 Å². The second kappa shape index (κ2) is 5.17. The monoisotopic (exact) mass is 207 g/mol. The molecule has 2 heteroatoms. The van der Waals surface area contributed by atoms with Crippen LogP contribution >= 0.6 is 0 Å². The van der Waals surface area contributed by atoms with Gasteiger partial charge in [0, 0.05) is 0 Å². The minimum absolute atomic E-state index is 0.702. The second-order valence-corrected chi connectivity index (χ2v) is 3.90. The van der Waals surface area contributed by atoms with Gasteiger partial charge in [-0.3, -0.25) is 0 Å². The van der Waals surface area contributed by atoms with E-state index in [-0.39, 0.29) is 0 Å². The van der Waals surface area contributed by atoms with Crippen molar-refractivity contribution in [2.75, 3.05) is 13.2 Å². The molecule has 1 aromatic rings. The SMILES string of the molecule is CCOc1c(C)cc(CCN)c(C)c1C. The molecule has 84 valence electrons. The van der Waals surface area contributed by atoms with E-state index in [0.717, 1.165) is 18.8 Å². The molecule has 0 radical (unpaired) electrons. The summed E-state index contributed by atoms with van der Waals surface area (Å²) >= 11 is 0. The Morgan fingerprint density at radius 1 is 1.20 bits per heavy atom. The molecule has 0 fully saturated rings. The molecule has 0 unspecified atom stereocenters. The van der Waals surface area contributed by atoms with Crippen LogP contribution in [0.4, 0.5) is 0 Å². The van der Waals surface area contributed by atoms with Gasteiger partial charge in [0.1, 0.15) is 5.75 Å². The summed E-state index contributed by atoms with van der Waals surface area (Å²) in [5, 5.41) is 0. The Bertz CT molecular complexity index is 345. The largest absolute Gasteiger partial charge is 0.493 e. The quantitative estimate of drug-likeness (QED) is 0.823. The molecule has 0 saturated carbocycles. The first-order valence-corrected chi connectivity index (χ1v) is 5.54. The molecule has 1 rings (SSSR count). The molecule has 2 nitrogen and oxygen atoms in total. The van der Waals surface area contributed by atoms with Crippen molar-refractivity contribution >= 4 is 0 Å². The molecule has 15 heavy (non-hydrogen) atoms. The van der Waals surface area contributed by atoms with E-state index in [1.54, 1.807) is 0 Å². The lowest BCUT2D eigenvalue weighted by atomic mass is 9.97. The van der Waals surface area contributed by atoms with Crippen LogP contribution in [0.3, 0.4) is 0 Å². The van der Waals surface area contributed by atoms with Crippen molar-refractivity contribution in [1.29, 1.82) is 0 Å². The van der Waals surface area contributed by atoms with Crippen molar-refractivity contribution in [1.82, 2.24) is 0 Å². The molecule has 0 spiro atoms. The van der Waals surface area contributed by atoms with E-state index < -0.39 is 0 Å². The summed E-state index contributed by atoms with van der Waals surface area (Å²) in [5.41, 5.74) is 10.7. The first-order valence-electron chi connectivity index (χ1n) is 5.54.